The quantitative estimate of drug-likeness (QED) is 0.518. The van der Waals surface area contributed by atoms with Crippen LogP contribution >= 0.6 is 0 Å². The summed E-state index contributed by atoms with van der Waals surface area (Å²) in [5.41, 5.74) is 1.94. The Morgan fingerprint density at radius 3 is 2.18 bits per heavy atom. The molecule has 0 aliphatic carbocycles. The van der Waals surface area contributed by atoms with Crippen LogP contribution in [0.5, 0.6) is 0 Å². The largest absolute Gasteiger partial charge is 0.226 e. The van der Waals surface area contributed by atoms with Crippen molar-refractivity contribution in [2.45, 2.75) is 20.8 Å². The van der Waals surface area contributed by atoms with Crippen LogP contribution in [-0.2, 0) is 0 Å². The van der Waals surface area contributed by atoms with Gasteiger partial charge in [-0.1, -0.05) is 5.92 Å². The van der Waals surface area contributed by atoms with Crippen molar-refractivity contribution in [3.63, 3.8) is 0 Å². The highest BCUT2D eigenvalue weighted by Crippen LogP contribution is 1.97. The smallest absolute Gasteiger partial charge is 0.205 e. The van der Waals surface area contributed by atoms with E-state index in [0.29, 0.717) is 5.82 Å². The van der Waals surface area contributed by atoms with Crippen LogP contribution in [0.2, 0.25) is 0 Å². The summed E-state index contributed by atoms with van der Waals surface area (Å²) in [6.45, 7) is 5.66. The maximum atomic E-state index is 4.14. The van der Waals surface area contributed by atoms with Gasteiger partial charge >= 0.3 is 0 Å². The molecule has 1 aromatic rings. The SMILES string of the molecule is CC#Cc1nc(C)cc(C)n1. The zero-order valence-corrected chi connectivity index (χ0v) is 6.97. The van der Waals surface area contributed by atoms with Crippen molar-refractivity contribution in [1.82, 2.24) is 9.97 Å². The summed E-state index contributed by atoms with van der Waals surface area (Å²) in [5, 5.41) is 0. The van der Waals surface area contributed by atoms with Crippen molar-refractivity contribution in [3.05, 3.63) is 23.3 Å². The molecule has 0 radical (unpaired) electrons. The first kappa shape index (κ1) is 7.74. The monoisotopic (exact) mass is 146 g/mol. The molecular formula is C9H10N2. The average molecular weight is 146 g/mol. The number of nitrogens with zero attached hydrogens (tertiary/aromatic N) is 2. The van der Waals surface area contributed by atoms with Gasteiger partial charge in [0.05, 0.1) is 0 Å². The van der Waals surface area contributed by atoms with Crippen molar-refractivity contribution in [2.24, 2.45) is 0 Å². The maximum Gasteiger partial charge on any atom is 0.205 e. The van der Waals surface area contributed by atoms with Gasteiger partial charge in [-0.3, -0.25) is 0 Å². The molecule has 2 heteroatoms. The van der Waals surface area contributed by atoms with Crippen molar-refractivity contribution in [1.29, 1.82) is 0 Å². The molecular weight excluding hydrogens is 136 g/mol. The molecule has 0 saturated carbocycles. The van der Waals surface area contributed by atoms with Crippen LogP contribution in [-0.4, -0.2) is 9.97 Å². The van der Waals surface area contributed by atoms with Crippen molar-refractivity contribution >= 4 is 0 Å². The third-order valence-electron chi connectivity index (χ3n) is 1.22. The summed E-state index contributed by atoms with van der Waals surface area (Å²) in [6, 6.07) is 1.93. The highest BCUT2D eigenvalue weighted by atomic mass is 14.9. The minimum absolute atomic E-state index is 0.616. The minimum atomic E-state index is 0.616. The van der Waals surface area contributed by atoms with Crippen LogP contribution in [0.15, 0.2) is 6.07 Å². The minimum Gasteiger partial charge on any atom is -0.226 e. The Kier molecular flexibility index (Phi) is 2.22. The van der Waals surface area contributed by atoms with E-state index < -0.39 is 0 Å². The van der Waals surface area contributed by atoms with Gasteiger partial charge in [0.15, 0.2) is 0 Å². The summed E-state index contributed by atoms with van der Waals surface area (Å²) in [7, 11) is 0. The van der Waals surface area contributed by atoms with Gasteiger partial charge in [0.2, 0.25) is 5.82 Å². The van der Waals surface area contributed by atoms with E-state index in [-0.39, 0.29) is 0 Å². The first-order chi connectivity index (χ1) is 5.22. The Bertz CT molecular complexity index is 298. The topological polar surface area (TPSA) is 25.8 Å². The predicted molar refractivity (Wildman–Crippen MR) is 44.1 cm³/mol. The first-order valence-corrected chi connectivity index (χ1v) is 3.47. The molecule has 1 heterocycles. The fraction of sp³-hybridized carbons (Fsp3) is 0.333. The van der Waals surface area contributed by atoms with E-state index in [0.717, 1.165) is 11.4 Å². The Balaban J connectivity index is 3.15. The number of aromatic nitrogens is 2. The van der Waals surface area contributed by atoms with Gasteiger partial charge in [0, 0.05) is 11.4 Å². The summed E-state index contributed by atoms with van der Waals surface area (Å²) < 4.78 is 0. The molecule has 1 rings (SSSR count). The zero-order chi connectivity index (χ0) is 8.27. The first-order valence-electron chi connectivity index (χ1n) is 3.47. The second-order valence-corrected chi connectivity index (χ2v) is 2.35. The Morgan fingerprint density at radius 1 is 1.18 bits per heavy atom. The predicted octanol–water partition coefficient (Wildman–Crippen LogP) is 1.46. The second-order valence-electron chi connectivity index (χ2n) is 2.35. The highest BCUT2D eigenvalue weighted by Gasteiger charge is 1.93. The molecule has 0 N–H and O–H groups in total. The van der Waals surface area contributed by atoms with Gasteiger partial charge in [0.1, 0.15) is 0 Å². The van der Waals surface area contributed by atoms with E-state index in [1.807, 2.05) is 19.9 Å². The summed E-state index contributed by atoms with van der Waals surface area (Å²) in [6.07, 6.45) is 0. The lowest BCUT2D eigenvalue weighted by Crippen LogP contribution is -1.93. The average Bonchev–Trinajstić information content (AvgIpc) is 1.85. The fourth-order valence-electron chi connectivity index (χ4n) is 0.894. The van der Waals surface area contributed by atoms with E-state index in [2.05, 4.69) is 21.8 Å². The van der Waals surface area contributed by atoms with E-state index in [1.54, 1.807) is 6.92 Å². The Morgan fingerprint density at radius 2 is 1.73 bits per heavy atom. The van der Waals surface area contributed by atoms with Crippen molar-refractivity contribution in [2.75, 3.05) is 0 Å². The van der Waals surface area contributed by atoms with Crippen LogP contribution in [0.3, 0.4) is 0 Å². The maximum absolute atomic E-state index is 4.14. The molecule has 0 aromatic carbocycles. The molecule has 0 fully saturated rings. The van der Waals surface area contributed by atoms with Gasteiger partial charge < -0.3 is 0 Å². The second kappa shape index (κ2) is 3.16. The van der Waals surface area contributed by atoms with Crippen molar-refractivity contribution < 1.29 is 0 Å². The molecule has 0 amide bonds. The lowest BCUT2D eigenvalue weighted by molar-refractivity contribution is 1.03. The lowest BCUT2D eigenvalue weighted by Gasteiger charge is -1.94. The highest BCUT2D eigenvalue weighted by molar-refractivity contribution is 5.22. The van der Waals surface area contributed by atoms with Crippen LogP contribution in [0.4, 0.5) is 0 Å². The standard InChI is InChI=1S/C9H10N2/c1-4-5-9-10-7(2)6-8(3)11-9/h6H,1-3H3. The molecule has 2 nitrogen and oxygen atoms in total. The van der Waals surface area contributed by atoms with E-state index in [1.165, 1.54) is 0 Å². The molecule has 0 aliphatic rings. The molecule has 1 aromatic heterocycles. The number of hydrogen-bond donors (Lipinski definition) is 0. The molecule has 0 aliphatic heterocycles. The van der Waals surface area contributed by atoms with Crippen LogP contribution in [0.25, 0.3) is 0 Å². The van der Waals surface area contributed by atoms with Crippen molar-refractivity contribution in [3.8, 4) is 11.8 Å². The number of rotatable bonds is 0. The van der Waals surface area contributed by atoms with Crippen LogP contribution < -0.4 is 0 Å². The third-order valence-corrected chi connectivity index (χ3v) is 1.22. The summed E-state index contributed by atoms with van der Waals surface area (Å²) in [4.78, 5) is 8.28. The van der Waals surface area contributed by atoms with Gasteiger partial charge in [-0.05, 0) is 32.8 Å². The van der Waals surface area contributed by atoms with E-state index >= 15 is 0 Å². The molecule has 0 unspecified atom stereocenters. The van der Waals surface area contributed by atoms with E-state index in [4.69, 9.17) is 0 Å². The normalized spacial score (nSPS) is 8.64. The molecule has 56 valence electrons. The molecule has 0 saturated heterocycles. The van der Waals surface area contributed by atoms with Crippen LogP contribution in [0, 0.1) is 25.7 Å². The Hall–Kier alpha value is -1.36. The molecule has 0 atom stereocenters. The van der Waals surface area contributed by atoms with Gasteiger partial charge in [-0.15, -0.1) is 0 Å². The molecule has 0 bridgehead atoms. The van der Waals surface area contributed by atoms with E-state index in [9.17, 15) is 0 Å². The molecule has 0 spiro atoms. The molecule has 11 heavy (non-hydrogen) atoms. The number of hydrogen-bond acceptors (Lipinski definition) is 2. The van der Waals surface area contributed by atoms with Crippen LogP contribution in [0.1, 0.15) is 24.1 Å². The van der Waals surface area contributed by atoms with Gasteiger partial charge in [0.25, 0.3) is 0 Å². The van der Waals surface area contributed by atoms with Gasteiger partial charge in [-0.2, -0.15) is 0 Å². The summed E-state index contributed by atoms with van der Waals surface area (Å²) >= 11 is 0. The Labute approximate surface area is 66.7 Å². The fourth-order valence-corrected chi connectivity index (χ4v) is 0.894. The van der Waals surface area contributed by atoms with Gasteiger partial charge in [-0.25, -0.2) is 9.97 Å². The summed E-state index contributed by atoms with van der Waals surface area (Å²) in [5.74, 6) is 6.20. The third kappa shape index (κ3) is 2.05. The number of aryl methyl sites for hydroxylation is 2. The lowest BCUT2D eigenvalue weighted by atomic mass is 10.3. The zero-order valence-electron chi connectivity index (χ0n) is 6.97.